The van der Waals surface area contributed by atoms with Gasteiger partial charge in [-0.1, -0.05) is 25.1 Å². The van der Waals surface area contributed by atoms with Gasteiger partial charge in [-0.25, -0.2) is 0 Å². The Bertz CT molecular complexity index is 906. The Kier molecular flexibility index (Phi) is 7.17. The minimum Gasteiger partial charge on any atom is -0.493 e. The van der Waals surface area contributed by atoms with Crippen molar-refractivity contribution >= 4 is 17.5 Å². The zero-order valence-corrected chi connectivity index (χ0v) is 17.7. The Morgan fingerprint density at radius 2 is 1.67 bits per heavy atom. The highest BCUT2D eigenvalue weighted by atomic mass is 16.5. The third kappa shape index (κ3) is 4.84. The van der Waals surface area contributed by atoms with Gasteiger partial charge >= 0.3 is 0 Å². The summed E-state index contributed by atoms with van der Waals surface area (Å²) in [5.74, 6) is 1.05. The number of likely N-dealkylation sites (tertiary alicyclic amines) is 1. The summed E-state index contributed by atoms with van der Waals surface area (Å²) in [7, 11) is 3.02. The van der Waals surface area contributed by atoms with Gasteiger partial charge in [-0.05, 0) is 37.0 Å². The Balaban J connectivity index is 1.80. The minimum atomic E-state index is -0.358. The molecule has 2 aromatic rings. The maximum Gasteiger partial charge on any atom is 0.262 e. The van der Waals surface area contributed by atoms with Gasteiger partial charge in [0.1, 0.15) is 5.75 Å². The summed E-state index contributed by atoms with van der Waals surface area (Å²) in [4.78, 5) is 27.4. The van der Waals surface area contributed by atoms with Crippen LogP contribution >= 0.6 is 0 Å². The van der Waals surface area contributed by atoms with E-state index in [9.17, 15) is 9.59 Å². The van der Waals surface area contributed by atoms with Crippen molar-refractivity contribution in [1.82, 2.24) is 4.90 Å². The van der Waals surface area contributed by atoms with Crippen molar-refractivity contribution in [2.24, 2.45) is 0 Å². The number of anilines is 1. The van der Waals surface area contributed by atoms with Crippen molar-refractivity contribution in [3.63, 3.8) is 0 Å². The summed E-state index contributed by atoms with van der Waals surface area (Å²) in [6, 6.07) is 10.8. The highest BCUT2D eigenvalue weighted by Gasteiger charge is 2.25. The van der Waals surface area contributed by atoms with Crippen LogP contribution in [0.15, 0.2) is 36.4 Å². The zero-order chi connectivity index (χ0) is 21.5. The van der Waals surface area contributed by atoms with Crippen molar-refractivity contribution in [3.05, 3.63) is 47.5 Å². The maximum atomic E-state index is 13.0. The Labute approximate surface area is 176 Å². The van der Waals surface area contributed by atoms with Crippen LogP contribution in [0.25, 0.3) is 0 Å². The predicted octanol–water partition coefficient (Wildman–Crippen LogP) is 3.52. The Morgan fingerprint density at radius 3 is 2.33 bits per heavy atom. The van der Waals surface area contributed by atoms with E-state index in [2.05, 4.69) is 5.32 Å². The molecule has 2 aromatic carbocycles. The molecule has 0 aromatic heterocycles. The molecule has 0 spiro atoms. The van der Waals surface area contributed by atoms with E-state index in [4.69, 9.17) is 14.2 Å². The molecule has 1 heterocycles. The quantitative estimate of drug-likeness (QED) is 0.718. The highest BCUT2D eigenvalue weighted by molar-refractivity contribution is 6.05. The highest BCUT2D eigenvalue weighted by Crippen LogP contribution is 2.34. The summed E-state index contributed by atoms with van der Waals surface area (Å²) < 4.78 is 16.4. The molecule has 0 aliphatic carbocycles. The molecule has 1 fully saturated rings. The third-order valence-electron chi connectivity index (χ3n) is 5.13. The largest absolute Gasteiger partial charge is 0.493 e. The van der Waals surface area contributed by atoms with Crippen LogP contribution in [0.2, 0.25) is 0 Å². The lowest BCUT2D eigenvalue weighted by Crippen LogP contribution is -2.29. The van der Waals surface area contributed by atoms with Crippen molar-refractivity contribution in [1.29, 1.82) is 0 Å². The second-order valence-corrected chi connectivity index (χ2v) is 7.05. The number of benzene rings is 2. The summed E-state index contributed by atoms with van der Waals surface area (Å²) in [6.45, 7) is 3.28. The number of aryl methyl sites for hydroxylation is 1. The molecule has 2 amide bonds. The zero-order valence-electron chi connectivity index (χ0n) is 17.7. The monoisotopic (exact) mass is 412 g/mol. The van der Waals surface area contributed by atoms with Gasteiger partial charge in [-0.3, -0.25) is 9.59 Å². The van der Waals surface area contributed by atoms with Crippen molar-refractivity contribution in [2.45, 2.75) is 26.2 Å². The fourth-order valence-corrected chi connectivity index (χ4v) is 3.52. The van der Waals surface area contributed by atoms with Crippen LogP contribution < -0.4 is 19.5 Å². The maximum absolute atomic E-state index is 13.0. The average molecular weight is 412 g/mol. The molecule has 0 bridgehead atoms. The Hall–Kier alpha value is -3.22. The molecule has 1 aliphatic rings. The molecule has 30 heavy (non-hydrogen) atoms. The normalized spacial score (nSPS) is 13.1. The van der Waals surface area contributed by atoms with E-state index in [1.54, 1.807) is 17.0 Å². The number of hydrogen-bond acceptors (Lipinski definition) is 5. The van der Waals surface area contributed by atoms with Crippen molar-refractivity contribution in [2.75, 3.05) is 39.2 Å². The topological polar surface area (TPSA) is 77.1 Å². The first-order chi connectivity index (χ1) is 14.6. The first-order valence-corrected chi connectivity index (χ1v) is 10.1. The summed E-state index contributed by atoms with van der Waals surface area (Å²) in [5, 5.41) is 2.80. The smallest absolute Gasteiger partial charge is 0.262 e. The Morgan fingerprint density at radius 1 is 1.00 bits per heavy atom. The molecule has 1 aliphatic heterocycles. The predicted molar refractivity (Wildman–Crippen MR) is 115 cm³/mol. The molecule has 3 rings (SSSR count). The van der Waals surface area contributed by atoms with Crippen LogP contribution in [-0.4, -0.2) is 50.6 Å². The number of methoxy groups -OCH3 is 2. The van der Waals surface area contributed by atoms with E-state index in [0.29, 0.717) is 41.6 Å². The van der Waals surface area contributed by atoms with Crippen LogP contribution in [0, 0.1) is 0 Å². The second kappa shape index (κ2) is 10.0. The molecule has 0 radical (unpaired) electrons. The van der Waals surface area contributed by atoms with E-state index in [0.717, 1.165) is 24.8 Å². The van der Waals surface area contributed by atoms with Gasteiger partial charge in [-0.2, -0.15) is 0 Å². The summed E-state index contributed by atoms with van der Waals surface area (Å²) >= 11 is 0. The third-order valence-corrected chi connectivity index (χ3v) is 5.13. The number of ether oxygens (including phenoxy) is 3. The van der Waals surface area contributed by atoms with Crippen LogP contribution in [0.5, 0.6) is 17.2 Å². The van der Waals surface area contributed by atoms with Crippen molar-refractivity contribution in [3.8, 4) is 17.2 Å². The van der Waals surface area contributed by atoms with E-state index < -0.39 is 0 Å². The molecule has 160 valence electrons. The number of rotatable bonds is 8. The average Bonchev–Trinajstić information content (AvgIpc) is 3.32. The molecular formula is C23H28N2O5. The van der Waals surface area contributed by atoms with Crippen LogP contribution in [0.1, 0.15) is 35.7 Å². The van der Waals surface area contributed by atoms with Crippen LogP contribution in [0.3, 0.4) is 0 Å². The minimum absolute atomic E-state index is 0.138. The number of amides is 2. The number of carbonyl (C=O) groups excluding carboxylic acids is 2. The molecule has 1 saturated heterocycles. The van der Waals surface area contributed by atoms with E-state index in [1.165, 1.54) is 14.2 Å². The van der Waals surface area contributed by atoms with Gasteiger partial charge in [0.25, 0.3) is 11.8 Å². The standard InChI is InChI=1S/C23H28N2O5/c1-4-16-9-5-6-10-19(16)30-15-22(26)24-18-14-21(29-3)20(28-2)13-17(18)23(27)25-11-7-8-12-25/h5-6,9-10,13-14H,4,7-8,11-12,15H2,1-3H3,(H,24,26). The molecule has 1 N–H and O–H groups in total. The van der Waals surface area contributed by atoms with Gasteiger partial charge in [0, 0.05) is 19.2 Å². The first-order valence-electron chi connectivity index (χ1n) is 10.1. The fourth-order valence-electron chi connectivity index (χ4n) is 3.52. The second-order valence-electron chi connectivity index (χ2n) is 7.05. The summed E-state index contributed by atoms with van der Waals surface area (Å²) in [6.07, 6.45) is 2.76. The SMILES string of the molecule is CCc1ccccc1OCC(=O)Nc1cc(OC)c(OC)cc1C(=O)N1CCCC1. The van der Waals surface area contributed by atoms with E-state index >= 15 is 0 Å². The number of carbonyl (C=O) groups is 2. The molecule has 0 atom stereocenters. The van der Waals surface area contributed by atoms with Crippen molar-refractivity contribution < 1.29 is 23.8 Å². The van der Waals surface area contributed by atoms with Gasteiger partial charge < -0.3 is 24.4 Å². The van der Waals surface area contributed by atoms with Gasteiger partial charge in [0.2, 0.25) is 0 Å². The lowest BCUT2D eigenvalue weighted by atomic mass is 10.1. The van der Waals surface area contributed by atoms with Crippen LogP contribution in [0.4, 0.5) is 5.69 Å². The lowest BCUT2D eigenvalue weighted by molar-refractivity contribution is -0.118. The fraction of sp³-hybridized carbons (Fsp3) is 0.391. The van der Waals surface area contributed by atoms with Gasteiger partial charge in [-0.15, -0.1) is 0 Å². The molecule has 7 heteroatoms. The lowest BCUT2D eigenvalue weighted by Gasteiger charge is -2.20. The number of para-hydroxylation sites is 1. The summed E-state index contributed by atoms with van der Waals surface area (Å²) in [5.41, 5.74) is 1.78. The first kappa shape index (κ1) is 21.5. The molecule has 0 saturated carbocycles. The van der Waals surface area contributed by atoms with E-state index in [1.807, 2.05) is 31.2 Å². The molecule has 7 nitrogen and oxygen atoms in total. The molecule has 0 unspecified atom stereocenters. The van der Waals surface area contributed by atoms with Gasteiger partial charge in [0.15, 0.2) is 18.1 Å². The molecular weight excluding hydrogens is 384 g/mol. The number of nitrogens with zero attached hydrogens (tertiary/aromatic N) is 1. The van der Waals surface area contributed by atoms with E-state index in [-0.39, 0.29) is 18.4 Å². The number of nitrogens with one attached hydrogen (secondary N) is 1. The number of hydrogen-bond donors (Lipinski definition) is 1. The van der Waals surface area contributed by atoms with Crippen LogP contribution in [-0.2, 0) is 11.2 Å². The van der Waals surface area contributed by atoms with Gasteiger partial charge in [0.05, 0.1) is 25.5 Å².